The lowest BCUT2D eigenvalue weighted by Crippen LogP contribution is -2.36. The van der Waals surface area contributed by atoms with Gasteiger partial charge in [0, 0.05) is 31.4 Å². The van der Waals surface area contributed by atoms with Crippen molar-refractivity contribution in [3.8, 4) is 0 Å². The monoisotopic (exact) mass is 250 g/mol. The molecular formula is C12H14N2O4. The van der Waals surface area contributed by atoms with Crippen molar-refractivity contribution in [2.75, 3.05) is 13.1 Å². The van der Waals surface area contributed by atoms with Gasteiger partial charge in [0.2, 0.25) is 0 Å². The van der Waals surface area contributed by atoms with E-state index in [2.05, 4.69) is 6.58 Å². The van der Waals surface area contributed by atoms with Crippen LogP contribution in [0.1, 0.15) is 10.4 Å². The number of carboxylic acid groups (broad SMARTS) is 1. The Labute approximate surface area is 104 Å². The molecule has 0 spiro atoms. The molecule has 0 fully saturated rings. The highest BCUT2D eigenvalue weighted by atomic mass is 16.4. The van der Waals surface area contributed by atoms with E-state index in [1.165, 1.54) is 29.0 Å². The zero-order valence-corrected chi connectivity index (χ0v) is 10.00. The Morgan fingerprint density at radius 1 is 1.56 bits per heavy atom. The molecule has 6 heteroatoms. The second kappa shape index (κ2) is 5.81. The van der Waals surface area contributed by atoms with Crippen LogP contribution in [0.2, 0.25) is 0 Å². The molecule has 0 saturated carbocycles. The largest absolute Gasteiger partial charge is 0.480 e. The fourth-order valence-electron chi connectivity index (χ4n) is 1.40. The minimum atomic E-state index is -1.12. The molecule has 0 atom stereocenters. The number of aromatic nitrogens is 1. The van der Waals surface area contributed by atoms with Gasteiger partial charge >= 0.3 is 5.97 Å². The summed E-state index contributed by atoms with van der Waals surface area (Å²) in [4.78, 5) is 35.2. The first-order valence-corrected chi connectivity index (χ1v) is 5.24. The number of pyridine rings is 1. The highest BCUT2D eigenvalue weighted by Crippen LogP contribution is 2.02. The molecule has 1 heterocycles. The first-order chi connectivity index (χ1) is 8.45. The fraction of sp³-hybridized carbons (Fsp3) is 0.250. The Bertz CT molecular complexity index is 533. The first-order valence-electron chi connectivity index (χ1n) is 5.24. The van der Waals surface area contributed by atoms with Gasteiger partial charge < -0.3 is 14.6 Å². The summed E-state index contributed by atoms with van der Waals surface area (Å²) < 4.78 is 1.33. The molecule has 18 heavy (non-hydrogen) atoms. The van der Waals surface area contributed by atoms with Gasteiger partial charge in [-0.3, -0.25) is 14.4 Å². The molecule has 1 aromatic heterocycles. The number of carbonyl (C=O) groups is 2. The van der Waals surface area contributed by atoms with E-state index in [1.807, 2.05) is 0 Å². The molecule has 1 amide bonds. The summed E-state index contributed by atoms with van der Waals surface area (Å²) in [5.41, 5.74) is -0.157. The maximum atomic E-state index is 12.0. The van der Waals surface area contributed by atoms with E-state index in [0.717, 1.165) is 4.90 Å². The van der Waals surface area contributed by atoms with Crippen LogP contribution in [-0.4, -0.2) is 39.5 Å². The van der Waals surface area contributed by atoms with Gasteiger partial charge in [-0.05, 0) is 6.07 Å². The number of amides is 1. The predicted octanol–water partition coefficient (Wildman–Crippen LogP) is 0.0981. The molecule has 0 radical (unpaired) electrons. The molecule has 1 rings (SSSR count). The van der Waals surface area contributed by atoms with Crippen molar-refractivity contribution >= 4 is 11.9 Å². The summed E-state index contributed by atoms with van der Waals surface area (Å²) in [6.07, 6.45) is 2.89. The van der Waals surface area contributed by atoms with Gasteiger partial charge in [-0.1, -0.05) is 6.08 Å². The van der Waals surface area contributed by atoms with E-state index >= 15 is 0 Å². The third-order valence-corrected chi connectivity index (χ3v) is 2.31. The molecule has 0 aliphatic rings. The minimum absolute atomic E-state index is 0.111. The van der Waals surface area contributed by atoms with Crippen LogP contribution in [0.25, 0.3) is 0 Å². The van der Waals surface area contributed by atoms with Crippen LogP contribution < -0.4 is 5.56 Å². The number of carboxylic acids is 1. The average Bonchev–Trinajstić information content (AvgIpc) is 2.31. The van der Waals surface area contributed by atoms with E-state index in [9.17, 15) is 14.4 Å². The number of aliphatic carboxylic acids is 1. The van der Waals surface area contributed by atoms with Gasteiger partial charge in [-0.25, -0.2) is 0 Å². The van der Waals surface area contributed by atoms with Gasteiger partial charge in [0.1, 0.15) is 6.54 Å². The Morgan fingerprint density at radius 3 is 2.72 bits per heavy atom. The van der Waals surface area contributed by atoms with E-state index in [0.29, 0.717) is 0 Å². The summed E-state index contributed by atoms with van der Waals surface area (Å²) in [5, 5.41) is 8.71. The summed E-state index contributed by atoms with van der Waals surface area (Å²) in [6.45, 7) is 3.14. The molecule has 6 nitrogen and oxygen atoms in total. The van der Waals surface area contributed by atoms with Crippen LogP contribution in [0.5, 0.6) is 0 Å². The lowest BCUT2D eigenvalue weighted by atomic mass is 10.2. The molecule has 0 bridgehead atoms. The lowest BCUT2D eigenvalue weighted by molar-refractivity contribution is -0.137. The third-order valence-electron chi connectivity index (χ3n) is 2.31. The van der Waals surface area contributed by atoms with Gasteiger partial charge in [-0.2, -0.15) is 0 Å². The summed E-state index contributed by atoms with van der Waals surface area (Å²) in [6, 6.07) is 2.65. The van der Waals surface area contributed by atoms with E-state index < -0.39 is 18.4 Å². The summed E-state index contributed by atoms with van der Waals surface area (Å²) in [5.74, 6) is -1.62. The zero-order valence-electron chi connectivity index (χ0n) is 10.00. The molecular weight excluding hydrogens is 236 g/mol. The van der Waals surface area contributed by atoms with Gasteiger partial charge in [-0.15, -0.1) is 6.58 Å². The number of aryl methyl sites for hydroxylation is 1. The van der Waals surface area contributed by atoms with Crippen molar-refractivity contribution < 1.29 is 14.7 Å². The molecule has 96 valence electrons. The molecule has 0 unspecified atom stereocenters. The van der Waals surface area contributed by atoms with Crippen molar-refractivity contribution in [2.45, 2.75) is 0 Å². The number of nitrogens with zero attached hydrogens (tertiary/aromatic N) is 2. The Hall–Kier alpha value is -2.37. The predicted molar refractivity (Wildman–Crippen MR) is 65.4 cm³/mol. The third kappa shape index (κ3) is 3.31. The highest BCUT2D eigenvalue weighted by molar-refractivity contribution is 5.95. The van der Waals surface area contributed by atoms with Crippen LogP contribution in [0.4, 0.5) is 0 Å². The smallest absolute Gasteiger partial charge is 0.323 e. The van der Waals surface area contributed by atoms with Gasteiger partial charge in [0.25, 0.3) is 11.5 Å². The maximum Gasteiger partial charge on any atom is 0.323 e. The Morgan fingerprint density at radius 2 is 2.22 bits per heavy atom. The Kier molecular flexibility index (Phi) is 4.42. The van der Waals surface area contributed by atoms with Crippen LogP contribution in [0.15, 0.2) is 35.8 Å². The average molecular weight is 250 g/mol. The highest BCUT2D eigenvalue weighted by Gasteiger charge is 2.17. The van der Waals surface area contributed by atoms with E-state index in [4.69, 9.17) is 5.11 Å². The van der Waals surface area contributed by atoms with Crippen molar-refractivity contribution in [2.24, 2.45) is 7.05 Å². The zero-order chi connectivity index (χ0) is 13.7. The number of hydrogen-bond acceptors (Lipinski definition) is 3. The number of carbonyl (C=O) groups excluding carboxylic acids is 1. The minimum Gasteiger partial charge on any atom is -0.480 e. The van der Waals surface area contributed by atoms with Crippen LogP contribution >= 0.6 is 0 Å². The standard InChI is InChI=1S/C12H14N2O4/c1-3-5-14(8-11(16)17)12(18)9-4-6-13(2)10(15)7-9/h3-4,6-7H,1,5,8H2,2H3,(H,16,17). The molecule has 1 aromatic rings. The van der Waals surface area contributed by atoms with Crippen molar-refractivity contribution in [3.63, 3.8) is 0 Å². The van der Waals surface area contributed by atoms with E-state index in [-0.39, 0.29) is 17.7 Å². The van der Waals surface area contributed by atoms with Crippen molar-refractivity contribution in [1.29, 1.82) is 0 Å². The number of rotatable bonds is 5. The van der Waals surface area contributed by atoms with Crippen molar-refractivity contribution in [3.05, 3.63) is 46.9 Å². The first kappa shape index (κ1) is 13.7. The summed E-state index contributed by atoms with van der Waals surface area (Å²) in [7, 11) is 1.56. The normalized spacial score (nSPS) is 9.83. The topological polar surface area (TPSA) is 79.6 Å². The van der Waals surface area contributed by atoms with Crippen LogP contribution in [0.3, 0.4) is 0 Å². The lowest BCUT2D eigenvalue weighted by Gasteiger charge is -2.18. The van der Waals surface area contributed by atoms with E-state index in [1.54, 1.807) is 7.05 Å². The van der Waals surface area contributed by atoms with Crippen LogP contribution in [0, 0.1) is 0 Å². The number of hydrogen-bond donors (Lipinski definition) is 1. The van der Waals surface area contributed by atoms with Crippen LogP contribution in [-0.2, 0) is 11.8 Å². The maximum absolute atomic E-state index is 12.0. The van der Waals surface area contributed by atoms with Gasteiger partial charge in [0.15, 0.2) is 0 Å². The molecule has 0 saturated heterocycles. The molecule has 0 aliphatic heterocycles. The second-order valence-electron chi connectivity index (χ2n) is 3.73. The molecule has 1 N–H and O–H groups in total. The van der Waals surface area contributed by atoms with Crippen molar-refractivity contribution in [1.82, 2.24) is 9.47 Å². The SMILES string of the molecule is C=CCN(CC(=O)O)C(=O)c1ccn(C)c(=O)c1. The van der Waals surface area contributed by atoms with Gasteiger partial charge in [0.05, 0.1) is 0 Å². The quantitative estimate of drug-likeness (QED) is 0.751. The second-order valence-corrected chi connectivity index (χ2v) is 3.73. The summed E-state index contributed by atoms with van der Waals surface area (Å²) >= 11 is 0. The molecule has 0 aliphatic carbocycles. The molecule has 0 aromatic carbocycles. The Balaban J connectivity index is 3.01. The fourth-order valence-corrected chi connectivity index (χ4v) is 1.40.